The van der Waals surface area contributed by atoms with Crippen LogP contribution < -0.4 is 10.1 Å². The molecule has 0 aliphatic carbocycles. The number of hydrogen-bond acceptors (Lipinski definition) is 9. The van der Waals surface area contributed by atoms with Crippen molar-refractivity contribution in [2.45, 2.75) is 51.5 Å². The molecule has 2 aromatic heterocycles. The zero-order valence-corrected chi connectivity index (χ0v) is 26.4. The molecule has 1 aliphatic heterocycles. The standard InChI is InChI=1S/C33H38ClN5O6/c1-4-21(40)8-6-5-7-9-25(37-33(43)20-17-39(2)18-20)32-35-16-26(36-32)30-29(19-10-12-22(44-3)13-11-19)31(45-38-30)23-14-24(34)28(42)15-27(23)41/h10-16,20,25,41-42H,4-9,17-18H2,1-3H3,(H,35,36)(H,37,43)/t25-/m0/s1. The zero-order chi connectivity index (χ0) is 32.1. The van der Waals surface area contributed by atoms with Gasteiger partial charge in [0.15, 0.2) is 5.76 Å². The molecule has 1 fully saturated rings. The minimum absolute atomic E-state index is 0.0143. The number of benzene rings is 2. The van der Waals surface area contributed by atoms with Crippen LogP contribution in [0.4, 0.5) is 0 Å². The average molecular weight is 636 g/mol. The summed E-state index contributed by atoms with van der Waals surface area (Å²) in [5.41, 5.74) is 2.51. The molecule has 238 valence electrons. The van der Waals surface area contributed by atoms with Crippen molar-refractivity contribution in [3.05, 3.63) is 53.4 Å². The van der Waals surface area contributed by atoms with Gasteiger partial charge in [-0.3, -0.25) is 9.59 Å². The van der Waals surface area contributed by atoms with Crippen molar-refractivity contribution in [3.63, 3.8) is 0 Å². The summed E-state index contributed by atoms with van der Waals surface area (Å²) in [6.45, 7) is 3.30. The van der Waals surface area contributed by atoms with Crippen LogP contribution in [-0.2, 0) is 9.59 Å². The molecule has 0 unspecified atom stereocenters. The molecule has 11 nitrogen and oxygen atoms in total. The molecular formula is C33H38ClN5O6. The summed E-state index contributed by atoms with van der Waals surface area (Å²) in [5.74, 6) is 1.16. The third-order valence-electron chi connectivity index (χ3n) is 8.16. The normalized spacial score (nSPS) is 14.2. The second kappa shape index (κ2) is 14.2. The lowest BCUT2D eigenvalue weighted by Crippen LogP contribution is -2.52. The van der Waals surface area contributed by atoms with Crippen LogP contribution in [0.15, 0.2) is 47.1 Å². The van der Waals surface area contributed by atoms with Gasteiger partial charge in [0, 0.05) is 32.0 Å². The molecule has 12 heteroatoms. The van der Waals surface area contributed by atoms with Crippen LogP contribution in [0, 0.1) is 5.92 Å². The highest BCUT2D eigenvalue weighted by atomic mass is 35.5. The van der Waals surface area contributed by atoms with Gasteiger partial charge in [0.25, 0.3) is 0 Å². The number of nitrogens with one attached hydrogen (secondary N) is 2. The van der Waals surface area contributed by atoms with Crippen LogP contribution in [0.1, 0.15) is 57.3 Å². The number of carbonyl (C=O) groups is 2. The fourth-order valence-electron chi connectivity index (χ4n) is 5.51. The number of phenolic OH excluding ortho intramolecular Hbond substituents is 2. The summed E-state index contributed by atoms with van der Waals surface area (Å²) >= 11 is 6.20. The van der Waals surface area contributed by atoms with Crippen LogP contribution in [0.5, 0.6) is 17.2 Å². The molecule has 0 spiro atoms. The number of imidazole rings is 1. The molecular weight excluding hydrogens is 598 g/mol. The Morgan fingerprint density at radius 1 is 1.16 bits per heavy atom. The monoisotopic (exact) mass is 635 g/mol. The molecule has 0 radical (unpaired) electrons. The first kappa shape index (κ1) is 32.1. The van der Waals surface area contributed by atoms with Gasteiger partial charge in [-0.2, -0.15) is 0 Å². The number of ether oxygens (including phenoxy) is 1. The van der Waals surface area contributed by atoms with Gasteiger partial charge in [0.05, 0.1) is 47.1 Å². The number of hydrogen-bond donors (Lipinski definition) is 4. The van der Waals surface area contributed by atoms with Crippen LogP contribution in [0.2, 0.25) is 5.02 Å². The molecule has 45 heavy (non-hydrogen) atoms. The SMILES string of the molecule is CCC(=O)CCCCC[C@H](NC(=O)C1CN(C)C1)c1ncc(-c2noc(-c3cc(Cl)c(O)cc3O)c2-c2ccc(OC)cc2)[nH]1. The third kappa shape index (κ3) is 7.32. The number of ketones is 1. The maximum Gasteiger partial charge on any atom is 0.226 e. The third-order valence-corrected chi connectivity index (χ3v) is 8.46. The Balaban J connectivity index is 1.47. The number of aromatic amines is 1. The van der Waals surface area contributed by atoms with Gasteiger partial charge >= 0.3 is 0 Å². The zero-order valence-electron chi connectivity index (χ0n) is 25.6. The van der Waals surface area contributed by atoms with Gasteiger partial charge in [-0.15, -0.1) is 0 Å². The second-order valence-electron chi connectivity index (χ2n) is 11.4. The van der Waals surface area contributed by atoms with Gasteiger partial charge in [0.2, 0.25) is 5.91 Å². The number of halogens is 1. The van der Waals surface area contributed by atoms with E-state index in [1.807, 2.05) is 26.1 Å². The van der Waals surface area contributed by atoms with Crippen LogP contribution in [0.25, 0.3) is 33.8 Å². The number of unbranched alkanes of at least 4 members (excludes halogenated alkanes) is 2. The lowest BCUT2D eigenvalue weighted by molar-refractivity contribution is -0.130. The number of rotatable bonds is 14. The number of likely N-dealkylation sites (tertiary alicyclic amines) is 1. The van der Waals surface area contributed by atoms with Crippen molar-refractivity contribution in [1.29, 1.82) is 0 Å². The van der Waals surface area contributed by atoms with Gasteiger partial charge in [-0.25, -0.2) is 4.98 Å². The van der Waals surface area contributed by atoms with E-state index in [1.165, 1.54) is 6.07 Å². The van der Waals surface area contributed by atoms with E-state index in [0.717, 1.165) is 30.9 Å². The van der Waals surface area contributed by atoms with Crippen LogP contribution >= 0.6 is 11.6 Å². The highest BCUT2D eigenvalue weighted by Gasteiger charge is 2.32. The van der Waals surface area contributed by atoms with Crippen molar-refractivity contribution in [1.82, 2.24) is 25.3 Å². The van der Waals surface area contributed by atoms with E-state index in [9.17, 15) is 19.8 Å². The summed E-state index contributed by atoms with van der Waals surface area (Å²) in [6.07, 6.45) is 5.90. The molecule has 5 rings (SSSR count). The van der Waals surface area contributed by atoms with E-state index in [1.54, 1.807) is 25.4 Å². The van der Waals surface area contributed by atoms with Gasteiger partial charge < -0.3 is 34.7 Å². The van der Waals surface area contributed by atoms with Crippen molar-refractivity contribution >= 4 is 23.3 Å². The summed E-state index contributed by atoms with van der Waals surface area (Å²) in [4.78, 5) is 34.9. The molecule has 1 aliphatic rings. The smallest absolute Gasteiger partial charge is 0.226 e. The predicted octanol–water partition coefficient (Wildman–Crippen LogP) is 6.12. The first-order valence-electron chi connectivity index (χ1n) is 15.1. The van der Waals surface area contributed by atoms with Crippen LogP contribution in [-0.4, -0.2) is 69.2 Å². The Labute approximate surface area is 266 Å². The first-order valence-corrected chi connectivity index (χ1v) is 15.5. The molecule has 0 saturated carbocycles. The van der Waals surface area contributed by atoms with E-state index >= 15 is 0 Å². The Kier molecular flexibility index (Phi) is 10.1. The number of phenols is 2. The Morgan fingerprint density at radius 3 is 2.60 bits per heavy atom. The molecule has 4 N–H and O–H groups in total. The lowest BCUT2D eigenvalue weighted by atomic mass is 9.97. The van der Waals surface area contributed by atoms with Gasteiger partial charge in [-0.1, -0.05) is 48.7 Å². The first-order chi connectivity index (χ1) is 21.7. The number of methoxy groups -OCH3 is 1. The van der Waals surface area contributed by atoms with Gasteiger partial charge in [0.1, 0.15) is 34.6 Å². The van der Waals surface area contributed by atoms with Crippen molar-refractivity contribution in [2.75, 3.05) is 27.2 Å². The van der Waals surface area contributed by atoms with E-state index in [4.69, 9.17) is 20.9 Å². The second-order valence-corrected chi connectivity index (χ2v) is 11.8. The van der Waals surface area contributed by atoms with Crippen molar-refractivity contribution in [2.24, 2.45) is 5.92 Å². The fraction of sp³-hybridized carbons (Fsp3) is 0.394. The average Bonchev–Trinajstić information content (AvgIpc) is 3.68. The van der Waals surface area contributed by atoms with Crippen LogP contribution in [0.3, 0.4) is 0 Å². The minimum atomic E-state index is -0.366. The van der Waals surface area contributed by atoms with Crippen molar-refractivity contribution in [3.8, 4) is 51.1 Å². The highest BCUT2D eigenvalue weighted by molar-refractivity contribution is 6.32. The molecule has 1 atom stereocenters. The number of nitrogens with zero attached hydrogens (tertiary/aromatic N) is 3. The minimum Gasteiger partial charge on any atom is -0.507 e. The summed E-state index contributed by atoms with van der Waals surface area (Å²) in [5, 5.41) is 28.3. The number of Topliss-reactive ketones (excluding diaryl/α,β-unsaturated/α-hetero) is 1. The number of amides is 1. The van der Waals surface area contributed by atoms with Gasteiger partial charge in [-0.05, 0) is 43.7 Å². The summed E-state index contributed by atoms with van der Waals surface area (Å²) in [7, 11) is 3.56. The van der Waals surface area contributed by atoms with E-state index in [2.05, 4.69) is 25.3 Å². The largest absolute Gasteiger partial charge is 0.507 e. The number of aromatic nitrogens is 3. The van der Waals surface area contributed by atoms with E-state index in [-0.39, 0.29) is 51.5 Å². The molecule has 1 amide bonds. The highest BCUT2D eigenvalue weighted by Crippen LogP contribution is 2.45. The maximum atomic E-state index is 13.1. The molecule has 4 aromatic rings. The van der Waals surface area contributed by atoms with Crippen molar-refractivity contribution < 1.29 is 29.1 Å². The molecule has 2 aromatic carbocycles. The predicted molar refractivity (Wildman–Crippen MR) is 170 cm³/mol. The number of H-pyrrole nitrogens is 1. The lowest BCUT2D eigenvalue weighted by Gasteiger charge is -2.35. The Bertz CT molecular complexity index is 1640. The maximum absolute atomic E-state index is 13.1. The number of aromatic hydroxyl groups is 2. The van der Waals surface area contributed by atoms with E-state index < -0.39 is 0 Å². The van der Waals surface area contributed by atoms with E-state index in [0.29, 0.717) is 60.9 Å². The Morgan fingerprint density at radius 2 is 1.91 bits per heavy atom. The summed E-state index contributed by atoms with van der Waals surface area (Å²) < 4.78 is 11.1. The quantitative estimate of drug-likeness (QED) is 0.120. The molecule has 0 bridgehead atoms. The molecule has 1 saturated heterocycles. The Hall–Kier alpha value is -4.35. The topological polar surface area (TPSA) is 154 Å². The molecule has 3 heterocycles. The fourth-order valence-corrected chi connectivity index (χ4v) is 5.67. The summed E-state index contributed by atoms with van der Waals surface area (Å²) in [6, 6.07) is 9.49. The number of carbonyl (C=O) groups excluding carboxylic acids is 2.